The molecule has 0 spiro atoms. The van der Waals surface area contributed by atoms with E-state index in [2.05, 4.69) is 42.5 Å². The van der Waals surface area contributed by atoms with E-state index in [0.717, 1.165) is 47.3 Å². The molecule has 61 heavy (non-hydrogen) atoms. The molecule has 4 saturated carbocycles. The van der Waals surface area contributed by atoms with E-state index in [-0.39, 0.29) is 11.0 Å². The maximum Gasteiger partial charge on any atom is 0.315 e. The first kappa shape index (κ1) is 43.6. The number of carboxylic acids is 1. The van der Waals surface area contributed by atoms with Crippen molar-refractivity contribution in [2.45, 2.75) is 158 Å². The van der Waals surface area contributed by atoms with Crippen LogP contribution in [0.2, 0.25) is 0 Å². The molecule has 4 aliphatic carbocycles. The minimum Gasteiger partial charge on any atom is -0.497 e. The molecule has 8 atom stereocenters. The van der Waals surface area contributed by atoms with Crippen LogP contribution in [-0.2, 0) is 4.79 Å². The van der Waals surface area contributed by atoms with Crippen molar-refractivity contribution < 1.29 is 19.4 Å². The quantitative estimate of drug-likeness (QED) is 0.200. The summed E-state index contributed by atoms with van der Waals surface area (Å²) < 4.78 is 10.3. The van der Waals surface area contributed by atoms with Crippen molar-refractivity contribution in [1.29, 1.82) is 0 Å². The smallest absolute Gasteiger partial charge is 0.315 e. The predicted molar refractivity (Wildman–Crippen MR) is 244 cm³/mol. The molecule has 0 radical (unpaired) electrons. The summed E-state index contributed by atoms with van der Waals surface area (Å²) in [6.07, 6.45) is 25.6. The van der Waals surface area contributed by atoms with E-state index in [1.807, 2.05) is 0 Å². The van der Waals surface area contributed by atoms with Gasteiger partial charge < -0.3 is 14.6 Å². The maximum absolute atomic E-state index is 11.6. The first-order chi connectivity index (χ1) is 29.4. The molecular weight excluding hydrogens is 781 g/mol. The Morgan fingerprint density at radius 1 is 0.459 bits per heavy atom. The molecule has 12 nitrogen and oxygen atoms in total. The standard InChI is InChI=1S/C32H56N8.C16H16O4.H4Si/c1-2-10-18-17(9-1)25-33-26(18)38-28-21-13-5-6-14-22(21)30(35-28)40-32-24-16-8-7-15-23(24)31(36-32)39-29-20-12-4-3-11-19(20)27(34-29)37-25;1-19-13-7-3-5-11(9-13)15(16(17)18)12-6-4-8-14(10-12)20-2;/h17-40H,1-16H2;3-10,15H,1-2H3,(H,17,18);1H4. The second kappa shape index (κ2) is 19.3. The summed E-state index contributed by atoms with van der Waals surface area (Å²) in [5.41, 5.74) is 1.34. The minimum atomic E-state index is -0.911. The summed E-state index contributed by atoms with van der Waals surface area (Å²) >= 11 is 0. The minimum absolute atomic E-state index is 0. The average molecular weight is 857 g/mol. The van der Waals surface area contributed by atoms with E-state index in [0.29, 0.717) is 72.0 Å². The van der Waals surface area contributed by atoms with E-state index in [1.165, 1.54) is 103 Å². The van der Waals surface area contributed by atoms with Crippen LogP contribution in [0.15, 0.2) is 48.5 Å². The fourth-order valence-corrected chi connectivity index (χ4v) is 14.1. The predicted octanol–water partition coefficient (Wildman–Crippen LogP) is 4.07. The molecule has 2 aromatic carbocycles. The van der Waals surface area contributed by atoms with Gasteiger partial charge in [0.1, 0.15) is 17.4 Å². The van der Waals surface area contributed by atoms with Crippen molar-refractivity contribution in [3.05, 3.63) is 59.7 Å². The summed E-state index contributed by atoms with van der Waals surface area (Å²) in [5.74, 6) is 5.58. The third-order valence-electron chi connectivity index (χ3n) is 16.9. The van der Waals surface area contributed by atoms with Crippen LogP contribution >= 0.6 is 0 Å². The number of aliphatic carboxylic acids is 1. The van der Waals surface area contributed by atoms with Gasteiger partial charge in [-0.15, -0.1) is 0 Å². The summed E-state index contributed by atoms with van der Waals surface area (Å²) in [6.45, 7) is 0. The topological polar surface area (TPSA) is 152 Å². The highest BCUT2D eigenvalue weighted by Gasteiger charge is 2.54. The number of benzene rings is 2. The van der Waals surface area contributed by atoms with Gasteiger partial charge in [0.25, 0.3) is 0 Å². The van der Waals surface area contributed by atoms with Gasteiger partial charge in [0.15, 0.2) is 0 Å². The van der Waals surface area contributed by atoms with E-state index < -0.39 is 11.9 Å². The molecule has 8 bridgehead atoms. The molecule has 9 N–H and O–H groups in total. The molecule has 9 aliphatic rings. The fraction of sp³-hybridized carbons (Fsp3) is 0.729. The number of fused-ring (bicyclic) bond motifs is 20. The zero-order chi connectivity index (χ0) is 40.7. The van der Waals surface area contributed by atoms with Crippen LogP contribution in [0, 0.1) is 47.3 Å². The number of hydrogen-bond donors (Lipinski definition) is 9. The number of methoxy groups -OCH3 is 2. The van der Waals surface area contributed by atoms with Gasteiger partial charge in [0.05, 0.1) is 63.5 Å². The summed E-state index contributed by atoms with van der Waals surface area (Å²) in [7, 11) is 3.11. The summed E-state index contributed by atoms with van der Waals surface area (Å²) in [4.78, 5) is 11.6. The molecule has 5 heterocycles. The molecule has 9 fully saturated rings. The molecule has 5 saturated heterocycles. The van der Waals surface area contributed by atoms with Crippen molar-refractivity contribution in [2.75, 3.05) is 14.2 Å². The molecule has 2 aromatic rings. The number of rotatable bonds is 5. The number of hydrogen-bond acceptors (Lipinski definition) is 11. The summed E-state index contributed by atoms with van der Waals surface area (Å²) in [6, 6.07) is 14.2. The van der Waals surface area contributed by atoms with Crippen LogP contribution in [0.5, 0.6) is 11.5 Å². The third kappa shape index (κ3) is 8.81. The Bertz CT molecular complexity index is 1540. The Kier molecular flexibility index (Phi) is 13.8. The van der Waals surface area contributed by atoms with Gasteiger partial charge in [-0.25, -0.2) is 0 Å². The van der Waals surface area contributed by atoms with Crippen LogP contribution in [0.4, 0.5) is 0 Å². The zero-order valence-corrected chi connectivity index (χ0v) is 35.9. The van der Waals surface area contributed by atoms with Gasteiger partial charge in [0, 0.05) is 0 Å². The van der Waals surface area contributed by atoms with E-state index in [4.69, 9.17) is 9.47 Å². The molecular formula is C48H76N8O4Si. The van der Waals surface area contributed by atoms with Crippen molar-refractivity contribution >= 4 is 16.9 Å². The molecule has 8 unspecified atom stereocenters. The molecule has 336 valence electrons. The van der Waals surface area contributed by atoms with Crippen LogP contribution in [0.25, 0.3) is 0 Å². The first-order valence-electron chi connectivity index (χ1n) is 24.0. The summed E-state index contributed by atoms with van der Waals surface area (Å²) in [5, 5.41) is 43.3. The lowest BCUT2D eigenvalue weighted by Gasteiger charge is -2.35. The zero-order valence-electron chi connectivity index (χ0n) is 35.9. The van der Waals surface area contributed by atoms with Crippen LogP contribution in [0.1, 0.15) is 120 Å². The SMILES string of the molecule is C1CCC2C3NC(NC4NC(NC5NC(NC6NC(N3)C3CCCCC63)C3CCCCC53)C3CCCCC43)C2C1.COc1cccc(C(C(=O)O)c2cccc(OC)c2)c1.[SiH4]. The number of carbonyl (C=O) groups is 1. The van der Waals surface area contributed by atoms with Gasteiger partial charge in [0.2, 0.25) is 0 Å². The van der Waals surface area contributed by atoms with Gasteiger partial charge in [-0.3, -0.25) is 47.3 Å². The highest BCUT2D eigenvalue weighted by Crippen LogP contribution is 2.45. The average Bonchev–Trinajstić information content (AvgIpc) is 4.03. The number of carboxylic acid groups (broad SMARTS) is 1. The van der Waals surface area contributed by atoms with Gasteiger partial charge in [-0.05, 0) is 145 Å². The highest BCUT2D eigenvalue weighted by atomic mass is 28.1. The third-order valence-corrected chi connectivity index (χ3v) is 16.9. The Labute approximate surface area is 368 Å². The van der Waals surface area contributed by atoms with Gasteiger partial charge in [-0.1, -0.05) is 75.6 Å². The second-order valence-corrected chi connectivity index (χ2v) is 19.9. The first-order valence-corrected chi connectivity index (χ1v) is 24.0. The van der Waals surface area contributed by atoms with Crippen LogP contribution in [0.3, 0.4) is 0 Å². The van der Waals surface area contributed by atoms with Crippen LogP contribution in [-0.4, -0.2) is 85.6 Å². The Balaban J connectivity index is 0.000000193. The maximum atomic E-state index is 11.6. The van der Waals surface area contributed by atoms with Crippen molar-refractivity contribution in [3.8, 4) is 11.5 Å². The Morgan fingerprint density at radius 3 is 0.885 bits per heavy atom. The molecule has 13 heteroatoms. The normalized spacial score (nSPS) is 41.2. The monoisotopic (exact) mass is 857 g/mol. The Hall–Kier alpha value is -2.59. The van der Waals surface area contributed by atoms with E-state index in [1.54, 1.807) is 62.8 Å². The van der Waals surface area contributed by atoms with E-state index in [9.17, 15) is 9.90 Å². The van der Waals surface area contributed by atoms with E-state index >= 15 is 0 Å². The lowest BCUT2D eigenvalue weighted by atomic mass is 9.76. The van der Waals surface area contributed by atoms with Crippen molar-refractivity contribution in [1.82, 2.24) is 42.5 Å². The van der Waals surface area contributed by atoms with Gasteiger partial charge >= 0.3 is 5.97 Å². The lowest BCUT2D eigenvalue weighted by Crippen LogP contribution is -2.61. The lowest BCUT2D eigenvalue weighted by molar-refractivity contribution is -0.137. The van der Waals surface area contributed by atoms with Crippen molar-refractivity contribution in [2.24, 2.45) is 47.3 Å². The number of ether oxygens (including phenoxy) is 2. The van der Waals surface area contributed by atoms with Crippen molar-refractivity contribution in [3.63, 3.8) is 0 Å². The Morgan fingerprint density at radius 2 is 0.689 bits per heavy atom. The largest absolute Gasteiger partial charge is 0.497 e. The molecule has 0 amide bonds. The molecule has 11 rings (SSSR count). The number of nitrogens with one attached hydrogen (secondary N) is 8. The molecule has 0 aromatic heterocycles. The van der Waals surface area contributed by atoms with Crippen LogP contribution < -0.4 is 52.0 Å². The fourth-order valence-electron chi connectivity index (χ4n) is 14.1. The molecule has 5 aliphatic heterocycles. The highest BCUT2D eigenvalue weighted by molar-refractivity contribution is 5.80. The second-order valence-electron chi connectivity index (χ2n) is 19.9. The van der Waals surface area contributed by atoms with Gasteiger partial charge in [-0.2, -0.15) is 0 Å².